The summed E-state index contributed by atoms with van der Waals surface area (Å²) < 4.78 is 1.02. The summed E-state index contributed by atoms with van der Waals surface area (Å²) >= 11 is 3.37. The molecule has 0 aromatic heterocycles. The first-order valence-electron chi connectivity index (χ1n) is 5.53. The molecular formula is C12H16BrClN2O. The number of carbonyl (C=O) groups excluding carboxylic acids is 1. The third-order valence-electron chi connectivity index (χ3n) is 2.78. The number of halogens is 2. The quantitative estimate of drug-likeness (QED) is 0.880. The average molecular weight is 320 g/mol. The maximum atomic E-state index is 11.9. The number of hydrogen-bond acceptors (Lipinski definition) is 2. The Morgan fingerprint density at radius 2 is 2.06 bits per heavy atom. The molecule has 1 unspecified atom stereocenters. The van der Waals surface area contributed by atoms with E-state index in [4.69, 9.17) is 0 Å². The molecule has 1 aromatic rings. The summed E-state index contributed by atoms with van der Waals surface area (Å²) in [4.78, 5) is 11.9. The lowest BCUT2D eigenvalue weighted by Gasteiger charge is -2.21. The van der Waals surface area contributed by atoms with Crippen molar-refractivity contribution >= 4 is 39.9 Å². The van der Waals surface area contributed by atoms with Gasteiger partial charge in [-0.3, -0.25) is 4.79 Å². The van der Waals surface area contributed by atoms with Gasteiger partial charge in [0.1, 0.15) is 0 Å². The van der Waals surface area contributed by atoms with E-state index in [1.54, 1.807) is 0 Å². The van der Waals surface area contributed by atoms with E-state index < -0.39 is 0 Å². The predicted octanol–water partition coefficient (Wildman–Crippen LogP) is 2.81. The zero-order valence-electron chi connectivity index (χ0n) is 9.41. The van der Waals surface area contributed by atoms with Crippen LogP contribution in [0.3, 0.4) is 0 Å². The molecule has 0 aliphatic carbocycles. The highest BCUT2D eigenvalue weighted by Crippen LogP contribution is 2.16. The van der Waals surface area contributed by atoms with E-state index in [1.165, 1.54) is 0 Å². The highest BCUT2D eigenvalue weighted by atomic mass is 79.9. The van der Waals surface area contributed by atoms with E-state index in [0.717, 1.165) is 36.1 Å². The lowest BCUT2D eigenvalue weighted by molar-refractivity contribution is -0.120. The second-order valence-electron chi connectivity index (χ2n) is 4.04. The van der Waals surface area contributed by atoms with Gasteiger partial charge in [0.2, 0.25) is 5.91 Å². The molecule has 2 N–H and O–H groups in total. The van der Waals surface area contributed by atoms with Crippen molar-refractivity contribution in [1.29, 1.82) is 0 Å². The second kappa shape index (κ2) is 6.99. The first-order chi connectivity index (χ1) is 7.75. The molecule has 5 heteroatoms. The fourth-order valence-electron chi connectivity index (χ4n) is 1.85. The van der Waals surface area contributed by atoms with Gasteiger partial charge in [-0.2, -0.15) is 0 Å². The molecule has 0 bridgehead atoms. The SMILES string of the molecule is Cl.O=C(Nc1ccc(Br)cc1)C1CCCNC1. The van der Waals surface area contributed by atoms with Gasteiger partial charge >= 0.3 is 0 Å². The van der Waals surface area contributed by atoms with Crippen molar-refractivity contribution < 1.29 is 4.79 Å². The van der Waals surface area contributed by atoms with E-state index >= 15 is 0 Å². The molecule has 1 atom stereocenters. The lowest BCUT2D eigenvalue weighted by atomic mass is 9.99. The van der Waals surface area contributed by atoms with Crippen LogP contribution < -0.4 is 10.6 Å². The van der Waals surface area contributed by atoms with Gasteiger partial charge in [-0.15, -0.1) is 12.4 Å². The van der Waals surface area contributed by atoms with Crippen LogP contribution in [0.2, 0.25) is 0 Å². The van der Waals surface area contributed by atoms with Gasteiger partial charge in [0.25, 0.3) is 0 Å². The zero-order valence-corrected chi connectivity index (χ0v) is 11.8. The number of piperidine rings is 1. The number of carbonyl (C=O) groups is 1. The van der Waals surface area contributed by atoms with Gasteiger partial charge in [-0.1, -0.05) is 15.9 Å². The Bertz CT molecular complexity index is 363. The maximum absolute atomic E-state index is 11.9. The van der Waals surface area contributed by atoms with Gasteiger partial charge in [0, 0.05) is 16.7 Å². The first kappa shape index (κ1) is 14.5. The van der Waals surface area contributed by atoms with E-state index in [2.05, 4.69) is 26.6 Å². The van der Waals surface area contributed by atoms with E-state index in [-0.39, 0.29) is 24.2 Å². The molecule has 1 fully saturated rings. The van der Waals surface area contributed by atoms with Gasteiger partial charge < -0.3 is 10.6 Å². The van der Waals surface area contributed by atoms with Crippen molar-refractivity contribution in [2.24, 2.45) is 5.92 Å². The Morgan fingerprint density at radius 3 is 2.65 bits per heavy atom. The lowest BCUT2D eigenvalue weighted by Crippen LogP contribution is -2.37. The van der Waals surface area contributed by atoms with Crippen molar-refractivity contribution in [3.05, 3.63) is 28.7 Å². The summed E-state index contributed by atoms with van der Waals surface area (Å²) in [5.74, 6) is 0.229. The Labute approximate surface area is 116 Å². The number of anilines is 1. The molecule has 0 saturated carbocycles. The second-order valence-corrected chi connectivity index (χ2v) is 4.96. The number of hydrogen-bond donors (Lipinski definition) is 2. The van der Waals surface area contributed by atoms with Gasteiger partial charge in [0.15, 0.2) is 0 Å². The molecule has 1 aliphatic heterocycles. The molecule has 17 heavy (non-hydrogen) atoms. The Balaban J connectivity index is 0.00000144. The van der Waals surface area contributed by atoms with Crippen LogP contribution in [-0.2, 0) is 4.79 Å². The number of benzene rings is 1. The van der Waals surface area contributed by atoms with E-state index in [9.17, 15) is 4.79 Å². The summed E-state index contributed by atoms with van der Waals surface area (Å²) in [5.41, 5.74) is 0.860. The largest absolute Gasteiger partial charge is 0.326 e. The predicted molar refractivity (Wildman–Crippen MR) is 75.6 cm³/mol. The molecule has 1 aliphatic rings. The minimum absolute atomic E-state index is 0. The normalized spacial score (nSPS) is 19.2. The number of amides is 1. The highest BCUT2D eigenvalue weighted by molar-refractivity contribution is 9.10. The molecule has 94 valence electrons. The highest BCUT2D eigenvalue weighted by Gasteiger charge is 2.20. The van der Waals surface area contributed by atoms with E-state index in [1.807, 2.05) is 24.3 Å². The standard InChI is InChI=1S/C12H15BrN2O.ClH/c13-10-3-5-11(6-4-10)15-12(16)9-2-1-7-14-8-9;/h3-6,9,14H,1-2,7-8H2,(H,15,16);1H. The Morgan fingerprint density at radius 1 is 1.35 bits per heavy atom. The van der Waals surface area contributed by atoms with Gasteiger partial charge in [-0.05, 0) is 43.7 Å². The smallest absolute Gasteiger partial charge is 0.228 e. The summed E-state index contributed by atoms with van der Waals surface area (Å²) in [6.07, 6.45) is 2.06. The monoisotopic (exact) mass is 318 g/mol. The van der Waals surface area contributed by atoms with Gasteiger partial charge in [0.05, 0.1) is 5.92 Å². The third-order valence-corrected chi connectivity index (χ3v) is 3.31. The third kappa shape index (κ3) is 4.30. The summed E-state index contributed by atoms with van der Waals surface area (Å²) in [6, 6.07) is 7.65. The van der Waals surface area contributed by atoms with Crippen LogP contribution >= 0.6 is 28.3 Å². The Hall–Kier alpha value is -0.580. The van der Waals surface area contributed by atoms with Crippen LogP contribution in [0.15, 0.2) is 28.7 Å². The first-order valence-corrected chi connectivity index (χ1v) is 6.32. The summed E-state index contributed by atoms with van der Waals surface area (Å²) in [5, 5.41) is 6.18. The molecule has 1 saturated heterocycles. The Kier molecular flexibility index (Phi) is 5.95. The fourth-order valence-corrected chi connectivity index (χ4v) is 2.12. The molecule has 1 aromatic carbocycles. The molecule has 0 radical (unpaired) electrons. The topological polar surface area (TPSA) is 41.1 Å². The van der Waals surface area contributed by atoms with Crippen LogP contribution in [0.1, 0.15) is 12.8 Å². The molecule has 0 spiro atoms. The van der Waals surface area contributed by atoms with Crippen LogP contribution in [0, 0.1) is 5.92 Å². The average Bonchev–Trinajstić information content (AvgIpc) is 2.33. The van der Waals surface area contributed by atoms with Crippen molar-refractivity contribution in [1.82, 2.24) is 5.32 Å². The van der Waals surface area contributed by atoms with Crippen molar-refractivity contribution in [3.8, 4) is 0 Å². The molecule has 2 rings (SSSR count). The van der Waals surface area contributed by atoms with Crippen molar-refractivity contribution in [2.75, 3.05) is 18.4 Å². The molecule has 1 heterocycles. The molecule has 3 nitrogen and oxygen atoms in total. The van der Waals surface area contributed by atoms with E-state index in [0.29, 0.717) is 0 Å². The van der Waals surface area contributed by atoms with Crippen molar-refractivity contribution in [3.63, 3.8) is 0 Å². The van der Waals surface area contributed by atoms with Crippen molar-refractivity contribution in [2.45, 2.75) is 12.8 Å². The van der Waals surface area contributed by atoms with Crippen LogP contribution in [0.4, 0.5) is 5.69 Å². The molecule has 1 amide bonds. The number of nitrogens with one attached hydrogen (secondary N) is 2. The number of rotatable bonds is 2. The van der Waals surface area contributed by atoms with Crippen LogP contribution in [0.25, 0.3) is 0 Å². The maximum Gasteiger partial charge on any atom is 0.228 e. The summed E-state index contributed by atoms with van der Waals surface area (Å²) in [6.45, 7) is 1.82. The van der Waals surface area contributed by atoms with Crippen LogP contribution in [0.5, 0.6) is 0 Å². The fraction of sp³-hybridized carbons (Fsp3) is 0.417. The summed E-state index contributed by atoms with van der Waals surface area (Å²) in [7, 11) is 0. The molecular weight excluding hydrogens is 304 g/mol. The van der Waals surface area contributed by atoms with Crippen LogP contribution in [-0.4, -0.2) is 19.0 Å². The zero-order chi connectivity index (χ0) is 11.4. The van der Waals surface area contributed by atoms with Gasteiger partial charge in [-0.25, -0.2) is 0 Å². The minimum atomic E-state index is 0. The minimum Gasteiger partial charge on any atom is -0.326 e.